The predicted octanol–water partition coefficient (Wildman–Crippen LogP) is 2.47. The van der Waals surface area contributed by atoms with Gasteiger partial charge in [-0.1, -0.05) is 38.8 Å². The monoisotopic (exact) mass is 348 g/mol. The van der Waals surface area contributed by atoms with E-state index in [1.54, 1.807) is 13.8 Å². The zero-order valence-corrected chi connectivity index (χ0v) is 15.8. The van der Waals surface area contributed by atoms with Crippen molar-refractivity contribution in [3.8, 4) is 0 Å². The highest BCUT2D eigenvalue weighted by Crippen LogP contribution is 2.68. The van der Waals surface area contributed by atoms with Gasteiger partial charge in [-0.25, -0.2) is 0 Å². The molecule has 3 N–H and O–H groups in total. The van der Waals surface area contributed by atoms with Gasteiger partial charge in [0.15, 0.2) is 17.2 Å². The summed E-state index contributed by atoms with van der Waals surface area (Å²) in [6.45, 7) is 11.2. The average Bonchev–Trinajstić information content (AvgIpc) is 2.94. The molecule has 0 bridgehead atoms. The van der Waals surface area contributed by atoms with E-state index in [-0.39, 0.29) is 24.3 Å². The van der Waals surface area contributed by atoms with Gasteiger partial charge in [0.25, 0.3) is 0 Å². The minimum absolute atomic E-state index is 0.195. The van der Waals surface area contributed by atoms with Gasteiger partial charge in [-0.05, 0) is 25.7 Å². The number of rotatable bonds is 2. The Morgan fingerprint density at radius 2 is 1.76 bits per heavy atom. The second kappa shape index (κ2) is 5.04. The molecule has 5 nitrogen and oxygen atoms in total. The van der Waals surface area contributed by atoms with Crippen LogP contribution in [0.4, 0.5) is 0 Å². The molecule has 3 rings (SSSR count). The van der Waals surface area contributed by atoms with Gasteiger partial charge >= 0.3 is 0 Å². The van der Waals surface area contributed by atoms with E-state index in [1.807, 2.05) is 27.7 Å². The minimum Gasteiger partial charge on any atom is -0.508 e. The first-order valence-electron chi connectivity index (χ1n) is 8.95. The zero-order valence-electron chi connectivity index (χ0n) is 15.8. The molecule has 25 heavy (non-hydrogen) atoms. The number of aliphatic hydroxyl groups excluding tert-OH is 1. The van der Waals surface area contributed by atoms with Crippen molar-refractivity contribution in [2.45, 2.75) is 65.6 Å². The van der Waals surface area contributed by atoms with E-state index < -0.39 is 45.8 Å². The minimum atomic E-state index is -2.08. The molecule has 0 saturated heterocycles. The molecule has 5 heteroatoms. The number of hydrogen-bond acceptors (Lipinski definition) is 5. The van der Waals surface area contributed by atoms with Crippen molar-refractivity contribution in [3.63, 3.8) is 0 Å². The Kier molecular flexibility index (Phi) is 3.70. The average molecular weight is 348 g/mol. The van der Waals surface area contributed by atoms with Crippen LogP contribution < -0.4 is 0 Å². The number of aliphatic hydroxyl groups is 3. The lowest BCUT2D eigenvalue weighted by molar-refractivity contribution is -0.155. The van der Waals surface area contributed by atoms with Crippen molar-refractivity contribution in [3.05, 3.63) is 22.5 Å². The van der Waals surface area contributed by atoms with Crippen LogP contribution in [0.2, 0.25) is 0 Å². The van der Waals surface area contributed by atoms with Crippen LogP contribution in [0.1, 0.15) is 54.4 Å². The van der Waals surface area contributed by atoms with Crippen molar-refractivity contribution in [2.24, 2.45) is 23.2 Å². The van der Waals surface area contributed by atoms with Gasteiger partial charge in [-0.15, -0.1) is 0 Å². The normalized spacial score (nSPS) is 39.2. The molecule has 3 aliphatic rings. The molecule has 2 fully saturated rings. The van der Waals surface area contributed by atoms with E-state index in [9.17, 15) is 24.9 Å². The molecule has 138 valence electrons. The summed E-state index contributed by atoms with van der Waals surface area (Å²) in [6.07, 6.45) is 0.453. The molecule has 2 saturated carbocycles. The fourth-order valence-electron chi connectivity index (χ4n) is 5.52. The summed E-state index contributed by atoms with van der Waals surface area (Å²) in [6, 6.07) is 0. The fraction of sp³-hybridized carbons (Fsp3) is 0.700. The van der Waals surface area contributed by atoms with Crippen LogP contribution >= 0.6 is 0 Å². The van der Waals surface area contributed by atoms with E-state index in [1.165, 1.54) is 0 Å². The maximum absolute atomic E-state index is 12.8. The highest BCUT2D eigenvalue weighted by molar-refractivity contribution is 6.24. The molecular weight excluding hydrogens is 320 g/mol. The summed E-state index contributed by atoms with van der Waals surface area (Å²) < 4.78 is 0. The van der Waals surface area contributed by atoms with Crippen molar-refractivity contribution in [1.82, 2.24) is 0 Å². The Morgan fingerprint density at radius 3 is 2.24 bits per heavy atom. The standard InChI is InChI=1S/C20H28O5/c1-9(2)12-8-19(24)13(18(12,5)6)7-11-16(22)14(15(21)10(3)4)17(23)20(11,19)25/h10-11,13,23-25H,7-8H2,1-6H3/t11-,13+,19+,20+/m1/s1. The van der Waals surface area contributed by atoms with Crippen LogP contribution in [0.3, 0.4) is 0 Å². The summed E-state index contributed by atoms with van der Waals surface area (Å²) in [5.41, 5.74) is -2.33. The SMILES string of the molecule is CC(C)=C1C[C@]2(O)[C@@H](C[C@@H]3C(=O)C(C(=O)C(C)C)=C(O)[C@@]32O)C1(C)C. The third kappa shape index (κ3) is 1.91. The van der Waals surface area contributed by atoms with Crippen molar-refractivity contribution < 1.29 is 24.9 Å². The molecule has 0 radical (unpaired) electrons. The number of ketones is 2. The number of fused-ring (bicyclic) bond motifs is 3. The van der Waals surface area contributed by atoms with Crippen LogP contribution in [0.5, 0.6) is 0 Å². The van der Waals surface area contributed by atoms with Crippen LogP contribution in [0.15, 0.2) is 22.5 Å². The fourth-order valence-corrected chi connectivity index (χ4v) is 5.52. The molecule has 0 unspecified atom stereocenters. The van der Waals surface area contributed by atoms with Gasteiger partial charge in [0, 0.05) is 18.3 Å². The maximum atomic E-state index is 12.8. The van der Waals surface area contributed by atoms with Crippen LogP contribution in [-0.4, -0.2) is 38.1 Å². The maximum Gasteiger partial charge on any atom is 0.176 e. The Morgan fingerprint density at radius 1 is 1.20 bits per heavy atom. The van der Waals surface area contributed by atoms with Crippen molar-refractivity contribution in [2.75, 3.05) is 0 Å². The molecule has 4 atom stereocenters. The molecule has 0 aliphatic heterocycles. The lowest BCUT2D eigenvalue weighted by atomic mass is 9.74. The molecule has 0 spiro atoms. The lowest BCUT2D eigenvalue weighted by Crippen LogP contribution is -2.55. The number of carbonyl (C=O) groups is 2. The molecule has 0 aromatic carbocycles. The van der Waals surface area contributed by atoms with E-state index in [4.69, 9.17) is 0 Å². The van der Waals surface area contributed by atoms with E-state index in [2.05, 4.69) is 0 Å². The van der Waals surface area contributed by atoms with Crippen LogP contribution in [0, 0.1) is 23.2 Å². The quantitative estimate of drug-likeness (QED) is 0.526. The second-order valence-corrected chi connectivity index (χ2v) is 9.02. The summed E-state index contributed by atoms with van der Waals surface area (Å²) in [4.78, 5) is 25.2. The third-order valence-electron chi connectivity index (χ3n) is 6.84. The predicted molar refractivity (Wildman–Crippen MR) is 92.8 cm³/mol. The number of allylic oxidation sites excluding steroid dienone is 2. The van der Waals surface area contributed by atoms with Gasteiger partial charge in [-0.2, -0.15) is 0 Å². The first kappa shape index (κ1) is 18.3. The van der Waals surface area contributed by atoms with Gasteiger partial charge in [-0.3, -0.25) is 9.59 Å². The van der Waals surface area contributed by atoms with Gasteiger partial charge < -0.3 is 15.3 Å². The summed E-state index contributed by atoms with van der Waals surface area (Å²) in [5.74, 6) is -3.43. The Bertz CT molecular complexity index is 737. The van der Waals surface area contributed by atoms with Crippen LogP contribution in [0.25, 0.3) is 0 Å². The summed E-state index contributed by atoms with van der Waals surface area (Å²) >= 11 is 0. The first-order valence-corrected chi connectivity index (χ1v) is 8.95. The zero-order chi connectivity index (χ0) is 19.1. The van der Waals surface area contributed by atoms with Gasteiger partial charge in [0.2, 0.25) is 0 Å². The Labute approximate surface area is 148 Å². The molecular formula is C20H28O5. The van der Waals surface area contributed by atoms with E-state index >= 15 is 0 Å². The topological polar surface area (TPSA) is 94.8 Å². The van der Waals surface area contributed by atoms with Gasteiger partial charge in [0.05, 0.1) is 5.92 Å². The second-order valence-electron chi connectivity index (χ2n) is 9.02. The molecule has 3 aliphatic carbocycles. The van der Waals surface area contributed by atoms with E-state index in [0.29, 0.717) is 0 Å². The van der Waals surface area contributed by atoms with Crippen LogP contribution in [-0.2, 0) is 9.59 Å². The summed E-state index contributed by atoms with van der Waals surface area (Å²) in [7, 11) is 0. The Hall–Kier alpha value is -1.46. The number of Topliss-reactive ketones (excluding diaryl/α,β-unsaturated/α-hetero) is 2. The van der Waals surface area contributed by atoms with Crippen molar-refractivity contribution >= 4 is 11.6 Å². The number of carbonyl (C=O) groups excluding carboxylic acids is 2. The highest BCUT2D eigenvalue weighted by Gasteiger charge is 2.77. The first-order chi connectivity index (χ1) is 11.3. The summed E-state index contributed by atoms with van der Waals surface area (Å²) in [5, 5.41) is 33.6. The molecule has 0 heterocycles. The smallest absolute Gasteiger partial charge is 0.176 e. The largest absolute Gasteiger partial charge is 0.508 e. The number of hydrogen-bond donors (Lipinski definition) is 3. The molecule has 0 aromatic rings. The lowest BCUT2D eigenvalue weighted by Gasteiger charge is -2.38. The van der Waals surface area contributed by atoms with Gasteiger partial charge in [0.1, 0.15) is 16.9 Å². The third-order valence-corrected chi connectivity index (χ3v) is 6.84. The van der Waals surface area contributed by atoms with E-state index in [0.717, 1.165) is 11.1 Å². The Balaban J connectivity index is 2.20. The highest BCUT2D eigenvalue weighted by atomic mass is 16.4. The molecule has 0 aromatic heterocycles. The van der Waals surface area contributed by atoms with Crippen molar-refractivity contribution in [1.29, 1.82) is 0 Å². The molecule has 0 amide bonds.